The van der Waals surface area contributed by atoms with E-state index in [-0.39, 0.29) is 5.56 Å². The van der Waals surface area contributed by atoms with Crippen LogP contribution >= 0.6 is 11.6 Å². The van der Waals surface area contributed by atoms with Gasteiger partial charge in [0.15, 0.2) is 5.56 Å². The summed E-state index contributed by atoms with van der Waals surface area (Å²) in [5.74, 6) is -0.981. The van der Waals surface area contributed by atoms with E-state index in [1.165, 1.54) is 6.26 Å². The number of rotatable bonds is 3. The van der Waals surface area contributed by atoms with Gasteiger partial charge in [-0.3, -0.25) is 0 Å². The Morgan fingerprint density at radius 2 is 2.09 bits per heavy atom. The smallest absolute Gasteiger partial charge is 0.327 e. The van der Waals surface area contributed by atoms with Crippen molar-refractivity contribution in [2.45, 2.75) is 12.5 Å². The molecular formula is C7H11ClO3. The van der Waals surface area contributed by atoms with Gasteiger partial charge in [0.05, 0.1) is 6.26 Å². The first kappa shape index (κ1) is 12.7. The van der Waals surface area contributed by atoms with Crippen molar-refractivity contribution in [3.63, 3.8) is 0 Å². The van der Waals surface area contributed by atoms with Crippen LogP contribution in [0.3, 0.4) is 0 Å². The Labute approximate surface area is 70.9 Å². The Morgan fingerprint density at radius 3 is 2.09 bits per heavy atom. The molecule has 0 rings (SSSR count). The molecule has 1 N–H and O–H groups in total. The van der Waals surface area contributed by atoms with Gasteiger partial charge in [-0.15, -0.1) is 0 Å². The highest BCUT2D eigenvalue weighted by Gasteiger charge is 1.84. The largest absolute Gasteiger partial charge is 0.483 e. The normalized spacial score (nSPS) is 10.0. The van der Waals surface area contributed by atoms with E-state index in [1.54, 1.807) is 6.92 Å². The van der Waals surface area contributed by atoms with Crippen LogP contribution in [0.5, 0.6) is 0 Å². The van der Waals surface area contributed by atoms with Gasteiger partial charge in [0, 0.05) is 6.08 Å². The van der Waals surface area contributed by atoms with Crippen LogP contribution in [0.1, 0.15) is 6.92 Å². The standard InChI is InChI=1S/C4H7ClO.C3H4O2/c1-3-6-4(2)5;1-2-3(4)5/h3-4H,1H2,2H3;2H,1H2,(H,4,5). The third-order valence-electron chi connectivity index (χ3n) is 0.458. The molecule has 4 heteroatoms. The molecule has 0 aliphatic rings. The van der Waals surface area contributed by atoms with Gasteiger partial charge in [-0.05, 0) is 6.92 Å². The second-order valence-electron chi connectivity index (χ2n) is 1.39. The molecule has 0 saturated heterocycles. The molecule has 0 aliphatic heterocycles. The van der Waals surface area contributed by atoms with Crippen molar-refractivity contribution < 1.29 is 14.6 Å². The average molecular weight is 179 g/mol. The van der Waals surface area contributed by atoms with Crippen molar-refractivity contribution in [1.29, 1.82) is 0 Å². The summed E-state index contributed by atoms with van der Waals surface area (Å²) in [6.07, 6.45) is 2.15. The molecule has 3 nitrogen and oxygen atoms in total. The number of ether oxygens (including phenoxy) is 1. The zero-order valence-corrected chi connectivity index (χ0v) is 7.04. The molecule has 1 unspecified atom stereocenters. The molecule has 0 fully saturated rings. The highest BCUT2D eigenvalue weighted by Crippen LogP contribution is 1.93. The maximum absolute atomic E-state index is 9.25. The van der Waals surface area contributed by atoms with E-state index in [0.29, 0.717) is 0 Å². The predicted molar refractivity (Wildman–Crippen MR) is 44.4 cm³/mol. The Hall–Kier alpha value is -0.960. The molecule has 0 amide bonds. The van der Waals surface area contributed by atoms with E-state index < -0.39 is 5.97 Å². The minimum absolute atomic E-state index is 0.248. The fourth-order valence-corrected chi connectivity index (χ4v) is 0.205. The van der Waals surface area contributed by atoms with Gasteiger partial charge in [-0.1, -0.05) is 24.8 Å². The quantitative estimate of drug-likeness (QED) is 0.409. The highest BCUT2D eigenvalue weighted by molar-refractivity contribution is 6.19. The van der Waals surface area contributed by atoms with Crippen LogP contribution in [-0.4, -0.2) is 16.6 Å². The fourth-order valence-electron chi connectivity index (χ4n) is 0.133. The minimum atomic E-state index is -0.981. The number of carbonyl (C=O) groups is 1. The van der Waals surface area contributed by atoms with Gasteiger partial charge < -0.3 is 9.84 Å². The lowest BCUT2D eigenvalue weighted by Gasteiger charge is -1.96. The Bertz CT molecular complexity index is 132. The Morgan fingerprint density at radius 1 is 1.73 bits per heavy atom. The molecular weight excluding hydrogens is 168 g/mol. The van der Waals surface area contributed by atoms with Crippen molar-refractivity contribution in [2.75, 3.05) is 0 Å². The lowest BCUT2D eigenvalue weighted by molar-refractivity contribution is -0.131. The molecule has 0 aromatic heterocycles. The molecule has 0 radical (unpaired) electrons. The zero-order chi connectivity index (χ0) is 9.28. The number of alkyl halides is 1. The van der Waals surface area contributed by atoms with E-state index in [1.807, 2.05) is 0 Å². The second-order valence-corrected chi connectivity index (χ2v) is 2.00. The molecule has 0 aliphatic carbocycles. The average Bonchev–Trinajstić information content (AvgIpc) is 1.89. The lowest BCUT2D eigenvalue weighted by atomic mass is 10.7. The number of hydrogen-bond donors (Lipinski definition) is 1. The van der Waals surface area contributed by atoms with Crippen LogP contribution in [0.4, 0.5) is 0 Å². The van der Waals surface area contributed by atoms with Crippen LogP contribution in [0.2, 0.25) is 0 Å². The van der Waals surface area contributed by atoms with Crippen molar-refractivity contribution in [3.8, 4) is 0 Å². The van der Waals surface area contributed by atoms with Crippen LogP contribution in [0.25, 0.3) is 0 Å². The van der Waals surface area contributed by atoms with Gasteiger partial charge in [-0.25, -0.2) is 4.79 Å². The van der Waals surface area contributed by atoms with Crippen molar-refractivity contribution in [2.24, 2.45) is 0 Å². The molecule has 0 bridgehead atoms. The summed E-state index contributed by atoms with van der Waals surface area (Å²) in [5.41, 5.74) is -0.248. The third kappa shape index (κ3) is 27.5. The van der Waals surface area contributed by atoms with Gasteiger partial charge >= 0.3 is 5.97 Å². The monoisotopic (exact) mass is 178 g/mol. The molecule has 11 heavy (non-hydrogen) atoms. The molecule has 0 saturated carbocycles. The highest BCUT2D eigenvalue weighted by atomic mass is 35.5. The van der Waals surface area contributed by atoms with Crippen molar-refractivity contribution >= 4 is 17.6 Å². The van der Waals surface area contributed by atoms with Crippen molar-refractivity contribution in [1.82, 2.24) is 0 Å². The first-order valence-electron chi connectivity index (χ1n) is 2.80. The Balaban J connectivity index is 0. The van der Waals surface area contributed by atoms with Gasteiger partial charge in [0.1, 0.15) is 0 Å². The second kappa shape index (κ2) is 9.04. The van der Waals surface area contributed by atoms with Crippen LogP contribution in [-0.2, 0) is 9.53 Å². The SMILES string of the molecule is C=CC(=O)O.C=COC(C)Cl. The molecule has 0 aromatic rings. The first-order valence-corrected chi connectivity index (χ1v) is 3.24. The van der Waals surface area contributed by atoms with E-state index in [2.05, 4.69) is 17.9 Å². The lowest BCUT2D eigenvalue weighted by Crippen LogP contribution is -1.88. The summed E-state index contributed by atoms with van der Waals surface area (Å²) in [6, 6.07) is 0. The molecule has 64 valence electrons. The maximum atomic E-state index is 9.25. The van der Waals surface area contributed by atoms with Gasteiger partial charge in [0.25, 0.3) is 0 Å². The predicted octanol–water partition coefficient (Wildman–Crippen LogP) is 1.99. The molecule has 0 heterocycles. The summed E-state index contributed by atoms with van der Waals surface area (Å²) in [5, 5.41) is 7.60. The first-order chi connectivity index (χ1) is 5.04. The Kier molecular flexibility index (Phi) is 10.4. The fraction of sp³-hybridized carbons (Fsp3) is 0.286. The molecule has 1 atom stereocenters. The molecule has 0 aromatic carbocycles. The van der Waals surface area contributed by atoms with Crippen LogP contribution in [0, 0.1) is 0 Å². The van der Waals surface area contributed by atoms with Crippen LogP contribution in [0.15, 0.2) is 25.5 Å². The maximum Gasteiger partial charge on any atom is 0.327 e. The van der Waals surface area contributed by atoms with Gasteiger partial charge in [0.2, 0.25) is 0 Å². The van der Waals surface area contributed by atoms with Gasteiger partial charge in [-0.2, -0.15) is 0 Å². The van der Waals surface area contributed by atoms with Crippen molar-refractivity contribution in [3.05, 3.63) is 25.5 Å². The zero-order valence-electron chi connectivity index (χ0n) is 6.29. The minimum Gasteiger partial charge on any atom is -0.483 e. The summed E-state index contributed by atoms with van der Waals surface area (Å²) in [6.45, 7) is 7.98. The summed E-state index contributed by atoms with van der Waals surface area (Å²) >= 11 is 5.28. The number of hydrogen-bond acceptors (Lipinski definition) is 2. The van der Waals surface area contributed by atoms with E-state index >= 15 is 0 Å². The number of carboxylic acids is 1. The van der Waals surface area contributed by atoms with E-state index in [0.717, 1.165) is 6.08 Å². The number of halogens is 1. The summed E-state index contributed by atoms with van der Waals surface area (Å²) in [7, 11) is 0. The molecule has 0 spiro atoms. The van der Waals surface area contributed by atoms with Crippen LogP contribution < -0.4 is 0 Å². The number of aliphatic carboxylic acids is 1. The number of carboxylic acid groups (broad SMARTS) is 1. The third-order valence-corrected chi connectivity index (χ3v) is 0.561. The topological polar surface area (TPSA) is 46.5 Å². The van der Waals surface area contributed by atoms with E-state index in [9.17, 15) is 4.79 Å². The summed E-state index contributed by atoms with van der Waals surface area (Å²) in [4.78, 5) is 9.25. The summed E-state index contributed by atoms with van der Waals surface area (Å²) < 4.78 is 4.57. The van der Waals surface area contributed by atoms with E-state index in [4.69, 9.17) is 16.7 Å².